The predicted octanol–water partition coefficient (Wildman–Crippen LogP) is 1.07. The maximum atomic E-state index is 7.36. The third-order valence-corrected chi connectivity index (χ3v) is 2.88. The molecule has 80 valence electrons. The topological polar surface area (TPSA) is 66.0 Å². The van der Waals surface area contributed by atoms with Crippen LogP contribution in [-0.2, 0) is 0 Å². The van der Waals surface area contributed by atoms with Gasteiger partial charge in [0.15, 0.2) is 5.96 Å². The fourth-order valence-electron chi connectivity index (χ4n) is 1.94. The maximum absolute atomic E-state index is 7.36. The fourth-order valence-corrected chi connectivity index (χ4v) is 1.94. The molecule has 2 rings (SSSR count). The molecule has 1 aromatic heterocycles. The summed E-state index contributed by atoms with van der Waals surface area (Å²) in [6, 6.07) is 4.16. The van der Waals surface area contributed by atoms with Gasteiger partial charge in [0, 0.05) is 30.9 Å². The van der Waals surface area contributed by atoms with Crippen molar-refractivity contribution in [2.75, 3.05) is 13.1 Å². The summed E-state index contributed by atoms with van der Waals surface area (Å²) in [6.45, 7) is 3.73. The molecule has 0 spiro atoms. The van der Waals surface area contributed by atoms with Gasteiger partial charge in [-0.3, -0.25) is 10.4 Å². The van der Waals surface area contributed by atoms with Crippen LogP contribution in [-0.4, -0.2) is 28.9 Å². The Hall–Kier alpha value is -1.58. The Morgan fingerprint density at radius 1 is 1.60 bits per heavy atom. The molecule has 15 heavy (non-hydrogen) atoms. The van der Waals surface area contributed by atoms with Gasteiger partial charge in [0.1, 0.15) is 0 Å². The van der Waals surface area contributed by atoms with Gasteiger partial charge in [-0.05, 0) is 25.0 Å². The van der Waals surface area contributed by atoms with Crippen molar-refractivity contribution in [1.82, 2.24) is 9.88 Å². The minimum Gasteiger partial charge on any atom is -0.370 e. The number of nitrogens with two attached hydrogens (primary N) is 1. The van der Waals surface area contributed by atoms with Gasteiger partial charge in [-0.15, -0.1) is 0 Å². The van der Waals surface area contributed by atoms with Gasteiger partial charge in [0.2, 0.25) is 0 Å². The van der Waals surface area contributed by atoms with Gasteiger partial charge >= 0.3 is 0 Å². The van der Waals surface area contributed by atoms with E-state index in [0.717, 1.165) is 25.2 Å². The molecule has 0 radical (unpaired) electrons. The highest BCUT2D eigenvalue weighted by Gasteiger charge is 2.25. The van der Waals surface area contributed by atoms with E-state index in [9.17, 15) is 0 Å². The summed E-state index contributed by atoms with van der Waals surface area (Å²) < 4.78 is 0. The molecule has 1 aromatic rings. The number of aromatic nitrogens is 1. The summed E-state index contributed by atoms with van der Waals surface area (Å²) >= 11 is 0. The Balaban J connectivity index is 2.07. The predicted molar refractivity (Wildman–Crippen MR) is 59.8 cm³/mol. The van der Waals surface area contributed by atoms with Gasteiger partial charge in [-0.25, -0.2) is 0 Å². The van der Waals surface area contributed by atoms with E-state index in [-0.39, 0.29) is 5.96 Å². The molecule has 1 atom stereocenters. The number of nitrogens with zero attached hydrogens (tertiary/aromatic N) is 2. The zero-order valence-corrected chi connectivity index (χ0v) is 8.90. The third kappa shape index (κ3) is 2.09. The minimum atomic E-state index is 0.171. The first-order valence-corrected chi connectivity index (χ1v) is 5.18. The Labute approximate surface area is 89.6 Å². The average molecular weight is 204 g/mol. The van der Waals surface area contributed by atoms with Crippen molar-refractivity contribution in [3.8, 4) is 0 Å². The zero-order chi connectivity index (χ0) is 10.8. The van der Waals surface area contributed by atoms with E-state index >= 15 is 0 Å². The molecular formula is C11H16N4. The first-order valence-electron chi connectivity index (χ1n) is 5.18. The van der Waals surface area contributed by atoms with E-state index in [1.54, 1.807) is 0 Å². The van der Waals surface area contributed by atoms with Gasteiger partial charge < -0.3 is 10.6 Å². The van der Waals surface area contributed by atoms with Crippen molar-refractivity contribution < 1.29 is 0 Å². The molecule has 0 aliphatic carbocycles. The van der Waals surface area contributed by atoms with Crippen LogP contribution in [0.2, 0.25) is 0 Å². The monoisotopic (exact) mass is 204 g/mol. The lowest BCUT2D eigenvalue weighted by Gasteiger charge is -2.15. The smallest absolute Gasteiger partial charge is 0.188 e. The number of rotatable bonds is 1. The standard InChI is InChI=1S/C11H16N4/c1-8-2-3-10(14-6-8)9-4-5-15(7-9)11(12)13/h2-3,6,9H,4-5,7H2,1H3,(H3,12,13). The summed E-state index contributed by atoms with van der Waals surface area (Å²) in [6.07, 6.45) is 2.93. The van der Waals surface area contributed by atoms with Gasteiger partial charge in [-0.1, -0.05) is 6.07 Å². The summed E-state index contributed by atoms with van der Waals surface area (Å²) in [4.78, 5) is 6.31. The summed E-state index contributed by atoms with van der Waals surface area (Å²) in [5.41, 5.74) is 7.75. The Bertz CT molecular complexity index is 357. The highest BCUT2D eigenvalue weighted by molar-refractivity contribution is 5.75. The molecule has 0 saturated carbocycles. The number of likely N-dealkylation sites (tertiary alicyclic amines) is 1. The van der Waals surface area contributed by atoms with E-state index in [1.165, 1.54) is 5.56 Å². The van der Waals surface area contributed by atoms with E-state index in [1.807, 2.05) is 18.0 Å². The SMILES string of the molecule is Cc1ccc(C2CCN(C(=N)N)C2)nc1. The number of aryl methyl sites for hydroxylation is 1. The number of pyridine rings is 1. The Morgan fingerprint density at radius 2 is 2.40 bits per heavy atom. The third-order valence-electron chi connectivity index (χ3n) is 2.88. The lowest BCUT2D eigenvalue weighted by Crippen LogP contribution is -2.34. The van der Waals surface area contributed by atoms with Crippen LogP contribution in [0, 0.1) is 12.3 Å². The molecular weight excluding hydrogens is 188 g/mol. The number of guanidine groups is 1. The molecule has 1 aliphatic rings. The number of nitrogens with one attached hydrogen (secondary N) is 1. The second-order valence-corrected chi connectivity index (χ2v) is 4.08. The van der Waals surface area contributed by atoms with E-state index < -0.39 is 0 Å². The quantitative estimate of drug-likeness (QED) is 0.531. The van der Waals surface area contributed by atoms with Gasteiger partial charge in [0.05, 0.1) is 0 Å². The van der Waals surface area contributed by atoms with Crippen LogP contribution in [0.3, 0.4) is 0 Å². The first-order chi connectivity index (χ1) is 7.16. The van der Waals surface area contributed by atoms with Crippen LogP contribution >= 0.6 is 0 Å². The van der Waals surface area contributed by atoms with Crippen molar-refractivity contribution in [3.63, 3.8) is 0 Å². The highest BCUT2D eigenvalue weighted by Crippen LogP contribution is 2.25. The highest BCUT2D eigenvalue weighted by atomic mass is 15.2. The van der Waals surface area contributed by atoms with Gasteiger partial charge in [0.25, 0.3) is 0 Å². The molecule has 1 aliphatic heterocycles. The van der Waals surface area contributed by atoms with E-state index in [0.29, 0.717) is 5.92 Å². The molecule has 1 unspecified atom stereocenters. The second kappa shape index (κ2) is 3.88. The molecule has 2 heterocycles. The maximum Gasteiger partial charge on any atom is 0.188 e. The van der Waals surface area contributed by atoms with Crippen LogP contribution in [0.1, 0.15) is 23.6 Å². The number of hydrogen-bond donors (Lipinski definition) is 2. The number of hydrogen-bond acceptors (Lipinski definition) is 2. The second-order valence-electron chi connectivity index (χ2n) is 4.08. The summed E-state index contributed by atoms with van der Waals surface area (Å²) in [5, 5.41) is 7.36. The molecule has 0 amide bonds. The van der Waals surface area contributed by atoms with Crippen molar-refractivity contribution in [2.45, 2.75) is 19.3 Å². The van der Waals surface area contributed by atoms with Crippen molar-refractivity contribution in [3.05, 3.63) is 29.6 Å². The van der Waals surface area contributed by atoms with E-state index in [2.05, 4.69) is 17.1 Å². The largest absolute Gasteiger partial charge is 0.370 e. The average Bonchev–Trinajstić information content (AvgIpc) is 2.68. The van der Waals surface area contributed by atoms with Crippen LogP contribution in [0.25, 0.3) is 0 Å². The summed E-state index contributed by atoms with van der Waals surface area (Å²) in [5.74, 6) is 0.596. The van der Waals surface area contributed by atoms with Gasteiger partial charge in [-0.2, -0.15) is 0 Å². The molecule has 0 bridgehead atoms. The zero-order valence-electron chi connectivity index (χ0n) is 8.90. The first kappa shape index (κ1) is 9.96. The molecule has 4 heteroatoms. The lowest BCUT2D eigenvalue weighted by molar-refractivity contribution is 0.499. The molecule has 1 fully saturated rings. The van der Waals surface area contributed by atoms with Crippen molar-refractivity contribution in [1.29, 1.82) is 5.41 Å². The molecule has 3 N–H and O–H groups in total. The van der Waals surface area contributed by atoms with Crippen molar-refractivity contribution >= 4 is 5.96 Å². The molecule has 4 nitrogen and oxygen atoms in total. The molecule has 1 saturated heterocycles. The Kier molecular flexibility index (Phi) is 2.58. The van der Waals surface area contributed by atoms with Crippen molar-refractivity contribution in [2.24, 2.45) is 5.73 Å². The van der Waals surface area contributed by atoms with Crippen LogP contribution in [0.4, 0.5) is 0 Å². The lowest BCUT2D eigenvalue weighted by atomic mass is 10.0. The van der Waals surface area contributed by atoms with Crippen LogP contribution in [0.5, 0.6) is 0 Å². The fraction of sp³-hybridized carbons (Fsp3) is 0.455. The summed E-state index contributed by atoms with van der Waals surface area (Å²) in [7, 11) is 0. The molecule has 0 aromatic carbocycles. The minimum absolute atomic E-state index is 0.171. The Morgan fingerprint density at radius 3 is 2.93 bits per heavy atom. The van der Waals surface area contributed by atoms with E-state index in [4.69, 9.17) is 11.1 Å². The van der Waals surface area contributed by atoms with Crippen LogP contribution in [0.15, 0.2) is 18.3 Å². The normalized spacial score (nSPS) is 20.6. The van der Waals surface area contributed by atoms with Crippen LogP contribution < -0.4 is 5.73 Å².